The Bertz CT molecular complexity index is 1480. The number of ether oxygens (including phenoxy) is 4. The second-order valence-corrected chi connectivity index (χ2v) is 8.49. The standard InChI is InChI=1S/C32H26O8/c1-7-28(33)37-24-13-9-21(10-14-24)23-17-26(39-31(35)19(3)4)30(27(18-23)40-32(36)20(5)6)22-11-15-25(16-12-22)38-29(34)8-2/h7-18H,1-3,5H2,4,6H3. The molecule has 0 heterocycles. The lowest BCUT2D eigenvalue weighted by molar-refractivity contribution is -0.130. The van der Waals surface area contributed by atoms with Gasteiger partial charge in [-0.05, 0) is 66.9 Å². The Morgan fingerprint density at radius 2 is 0.950 bits per heavy atom. The lowest BCUT2D eigenvalue weighted by Crippen LogP contribution is -2.12. The SMILES string of the molecule is C=CC(=O)Oc1ccc(-c2cc(OC(=O)C(=C)C)c(-c3ccc(OC(=O)C=C)cc3)c(OC(=O)C(=C)C)c2)cc1. The van der Waals surface area contributed by atoms with E-state index >= 15 is 0 Å². The van der Waals surface area contributed by atoms with Crippen LogP contribution in [0.5, 0.6) is 23.0 Å². The van der Waals surface area contributed by atoms with E-state index in [1.54, 1.807) is 48.5 Å². The number of hydrogen-bond donors (Lipinski definition) is 0. The molecule has 0 N–H and O–H groups in total. The van der Waals surface area contributed by atoms with E-state index in [1.165, 1.54) is 26.0 Å². The van der Waals surface area contributed by atoms with Crippen LogP contribution in [0.4, 0.5) is 0 Å². The molecule has 202 valence electrons. The molecule has 0 aliphatic heterocycles. The minimum absolute atomic E-state index is 0.0769. The molecular weight excluding hydrogens is 512 g/mol. The molecule has 0 aromatic heterocycles. The summed E-state index contributed by atoms with van der Waals surface area (Å²) >= 11 is 0. The van der Waals surface area contributed by atoms with Gasteiger partial charge in [0.15, 0.2) is 0 Å². The van der Waals surface area contributed by atoms with Crippen molar-refractivity contribution < 1.29 is 38.1 Å². The van der Waals surface area contributed by atoms with E-state index in [2.05, 4.69) is 26.3 Å². The molecule has 40 heavy (non-hydrogen) atoms. The summed E-state index contributed by atoms with van der Waals surface area (Å²) in [4.78, 5) is 48.3. The first kappa shape index (κ1) is 29.1. The van der Waals surface area contributed by atoms with Gasteiger partial charge in [-0.3, -0.25) is 0 Å². The average molecular weight is 539 g/mol. The normalized spacial score (nSPS) is 10.1. The highest BCUT2D eigenvalue weighted by Crippen LogP contribution is 2.43. The van der Waals surface area contributed by atoms with Crippen LogP contribution < -0.4 is 18.9 Å². The third-order valence-electron chi connectivity index (χ3n) is 5.27. The quantitative estimate of drug-likeness (QED) is 0.172. The maximum atomic E-state index is 12.6. The largest absolute Gasteiger partial charge is 0.423 e. The predicted octanol–water partition coefficient (Wildman–Crippen LogP) is 6.17. The van der Waals surface area contributed by atoms with Crippen molar-refractivity contribution in [3.05, 3.63) is 110 Å². The van der Waals surface area contributed by atoms with Gasteiger partial charge in [-0.25, -0.2) is 19.2 Å². The van der Waals surface area contributed by atoms with Crippen molar-refractivity contribution in [3.63, 3.8) is 0 Å². The molecule has 0 fully saturated rings. The van der Waals surface area contributed by atoms with E-state index in [9.17, 15) is 19.2 Å². The van der Waals surface area contributed by atoms with Crippen LogP contribution in [0.25, 0.3) is 22.3 Å². The lowest BCUT2D eigenvalue weighted by atomic mass is 9.97. The van der Waals surface area contributed by atoms with E-state index in [1.807, 2.05) is 0 Å². The molecule has 3 aromatic rings. The van der Waals surface area contributed by atoms with Gasteiger partial charge in [0.2, 0.25) is 0 Å². The van der Waals surface area contributed by atoms with Crippen molar-refractivity contribution in [2.24, 2.45) is 0 Å². The zero-order chi connectivity index (χ0) is 29.4. The maximum absolute atomic E-state index is 12.6. The summed E-state index contributed by atoms with van der Waals surface area (Å²) in [6.07, 6.45) is 2.08. The minimum Gasteiger partial charge on any atom is -0.423 e. The fourth-order valence-corrected chi connectivity index (χ4v) is 3.30. The second-order valence-electron chi connectivity index (χ2n) is 8.49. The van der Waals surface area contributed by atoms with Gasteiger partial charge in [0, 0.05) is 23.3 Å². The van der Waals surface area contributed by atoms with Gasteiger partial charge in [-0.1, -0.05) is 50.6 Å². The summed E-state index contributed by atoms with van der Waals surface area (Å²) in [5.41, 5.74) is 2.23. The van der Waals surface area contributed by atoms with Crippen molar-refractivity contribution in [2.75, 3.05) is 0 Å². The lowest BCUT2D eigenvalue weighted by Gasteiger charge is -2.18. The number of carbonyl (C=O) groups excluding carboxylic acids is 4. The molecule has 0 aliphatic carbocycles. The maximum Gasteiger partial charge on any atom is 0.338 e. The summed E-state index contributed by atoms with van der Waals surface area (Å²) in [5, 5.41) is 0. The minimum atomic E-state index is -0.696. The first-order valence-electron chi connectivity index (χ1n) is 11.8. The molecule has 0 unspecified atom stereocenters. The Morgan fingerprint density at radius 3 is 1.30 bits per heavy atom. The summed E-state index contributed by atoms with van der Waals surface area (Å²) in [6.45, 7) is 17.0. The van der Waals surface area contributed by atoms with Crippen molar-refractivity contribution in [1.29, 1.82) is 0 Å². The number of esters is 4. The first-order valence-corrected chi connectivity index (χ1v) is 11.8. The van der Waals surface area contributed by atoms with Crippen molar-refractivity contribution in [1.82, 2.24) is 0 Å². The highest BCUT2D eigenvalue weighted by atomic mass is 16.6. The zero-order valence-corrected chi connectivity index (χ0v) is 22.0. The topological polar surface area (TPSA) is 105 Å². The molecule has 3 aromatic carbocycles. The summed E-state index contributed by atoms with van der Waals surface area (Å²) in [7, 11) is 0. The fraction of sp³-hybridized carbons (Fsp3) is 0.0625. The van der Waals surface area contributed by atoms with E-state index in [0.29, 0.717) is 22.4 Å². The monoisotopic (exact) mass is 538 g/mol. The van der Waals surface area contributed by atoms with Crippen LogP contribution >= 0.6 is 0 Å². The molecule has 0 radical (unpaired) electrons. The molecule has 0 amide bonds. The highest BCUT2D eigenvalue weighted by Gasteiger charge is 2.22. The van der Waals surface area contributed by atoms with Crippen LogP contribution in [0, 0.1) is 0 Å². The van der Waals surface area contributed by atoms with Gasteiger partial charge in [-0.15, -0.1) is 0 Å². The summed E-state index contributed by atoms with van der Waals surface area (Å²) in [5.74, 6) is -1.92. The average Bonchev–Trinajstić information content (AvgIpc) is 2.93. The molecule has 8 nitrogen and oxygen atoms in total. The van der Waals surface area contributed by atoms with E-state index in [4.69, 9.17) is 18.9 Å². The van der Waals surface area contributed by atoms with Gasteiger partial charge in [0.25, 0.3) is 0 Å². The van der Waals surface area contributed by atoms with Gasteiger partial charge in [0.05, 0.1) is 5.56 Å². The third-order valence-corrected chi connectivity index (χ3v) is 5.27. The van der Waals surface area contributed by atoms with E-state index in [-0.39, 0.29) is 34.0 Å². The first-order chi connectivity index (χ1) is 19.0. The predicted molar refractivity (Wildman–Crippen MR) is 150 cm³/mol. The molecular formula is C32H26O8. The number of benzene rings is 3. The van der Waals surface area contributed by atoms with E-state index in [0.717, 1.165) is 12.2 Å². The molecule has 8 heteroatoms. The molecule has 3 rings (SSSR count). The van der Waals surface area contributed by atoms with Crippen LogP contribution in [0.1, 0.15) is 13.8 Å². The second kappa shape index (κ2) is 12.8. The molecule has 0 atom stereocenters. The van der Waals surface area contributed by atoms with Gasteiger partial charge >= 0.3 is 23.9 Å². The van der Waals surface area contributed by atoms with E-state index < -0.39 is 23.9 Å². The Kier molecular flexibility index (Phi) is 9.33. The Morgan fingerprint density at radius 1 is 0.575 bits per heavy atom. The number of hydrogen-bond acceptors (Lipinski definition) is 8. The van der Waals surface area contributed by atoms with Crippen LogP contribution in [-0.4, -0.2) is 23.9 Å². The third kappa shape index (κ3) is 7.29. The Labute approximate surface area is 231 Å². The van der Waals surface area contributed by atoms with Crippen LogP contribution in [0.2, 0.25) is 0 Å². The smallest absolute Gasteiger partial charge is 0.338 e. The molecule has 0 bridgehead atoms. The molecule has 0 aliphatic rings. The van der Waals surface area contributed by atoms with Crippen LogP contribution in [0.15, 0.2) is 110 Å². The number of rotatable bonds is 10. The molecule has 0 saturated heterocycles. The van der Waals surface area contributed by atoms with Crippen LogP contribution in [0.3, 0.4) is 0 Å². The summed E-state index contributed by atoms with van der Waals surface area (Å²) < 4.78 is 21.6. The highest BCUT2D eigenvalue weighted by molar-refractivity contribution is 5.94. The van der Waals surface area contributed by atoms with Crippen molar-refractivity contribution >= 4 is 23.9 Å². The van der Waals surface area contributed by atoms with Gasteiger partial charge in [-0.2, -0.15) is 0 Å². The zero-order valence-electron chi connectivity index (χ0n) is 22.0. The van der Waals surface area contributed by atoms with Crippen molar-refractivity contribution in [3.8, 4) is 45.3 Å². The molecule has 0 saturated carbocycles. The number of carbonyl (C=O) groups is 4. The van der Waals surface area contributed by atoms with Gasteiger partial charge < -0.3 is 18.9 Å². The Hall–Kier alpha value is -5.50. The Balaban J connectivity index is 2.20. The fourth-order valence-electron chi connectivity index (χ4n) is 3.30. The van der Waals surface area contributed by atoms with Crippen LogP contribution in [-0.2, 0) is 19.2 Å². The summed E-state index contributed by atoms with van der Waals surface area (Å²) in [6, 6.07) is 16.0. The molecule has 0 spiro atoms. The van der Waals surface area contributed by atoms with Crippen molar-refractivity contribution in [2.45, 2.75) is 13.8 Å². The van der Waals surface area contributed by atoms with Gasteiger partial charge in [0.1, 0.15) is 23.0 Å².